The minimum atomic E-state index is -2.86. The lowest BCUT2D eigenvalue weighted by Crippen LogP contribution is -2.83. The SMILES string of the molecule is CC(C)[C@H]1C(O)[C@@H](C(N)=O)C(=O)[C@]2(O)C(O)[C@H]3C(=O)c4c(ccc(Nc5nc(-c6cccc(N=O)c6)cs5)c4O)[C@@H](C)[C@]3(C)[C@@H](O)[C@]12C. The number of benzene rings is 2. The first-order valence-electron chi connectivity index (χ1n) is 15.6. The molecule has 6 rings (SSSR count). The molecule has 8 N–H and O–H groups in total. The van der Waals surface area contributed by atoms with E-state index in [1.54, 1.807) is 69.5 Å². The molecule has 0 aliphatic heterocycles. The summed E-state index contributed by atoms with van der Waals surface area (Å²) in [6.07, 6.45) is -5.47. The zero-order chi connectivity index (χ0) is 35.2. The van der Waals surface area contributed by atoms with Crippen LogP contribution >= 0.6 is 11.3 Å². The molecule has 1 amide bonds. The highest BCUT2D eigenvalue weighted by Crippen LogP contribution is 2.68. The molecule has 3 aliphatic rings. The Bertz CT molecular complexity index is 1860. The number of rotatable bonds is 6. The fraction of sp³-hybridized carbons (Fsp3) is 0.471. The average Bonchev–Trinajstić information content (AvgIpc) is 3.51. The van der Waals surface area contributed by atoms with Crippen molar-refractivity contribution in [2.45, 2.75) is 64.4 Å². The third kappa shape index (κ3) is 4.22. The van der Waals surface area contributed by atoms with E-state index in [2.05, 4.69) is 15.5 Å². The lowest BCUT2D eigenvalue weighted by atomic mass is 9.36. The molecule has 0 radical (unpaired) electrons. The Morgan fingerprint density at radius 3 is 2.44 bits per heavy atom. The largest absolute Gasteiger partial charge is 0.505 e. The number of Topliss-reactive ketones (excluding diaryl/α,β-unsaturated/α-hetero) is 2. The molecule has 10 atom stereocenters. The summed E-state index contributed by atoms with van der Waals surface area (Å²) >= 11 is 1.21. The second-order valence-electron chi connectivity index (χ2n) is 14.1. The topological polar surface area (TPSA) is 233 Å². The first-order chi connectivity index (χ1) is 22.5. The fourth-order valence-electron chi connectivity index (χ4n) is 9.16. The van der Waals surface area contributed by atoms with Crippen molar-refractivity contribution < 1.29 is 39.9 Å². The predicted molar refractivity (Wildman–Crippen MR) is 176 cm³/mol. The van der Waals surface area contributed by atoms with Crippen molar-refractivity contribution in [1.29, 1.82) is 0 Å². The van der Waals surface area contributed by atoms with Crippen LogP contribution in [0.1, 0.15) is 56.5 Å². The van der Waals surface area contributed by atoms with Gasteiger partial charge in [-0.3, -0.25) is 14.4 Å². The van der Waals surface area contributed by atoms with Crippen LogP contribution in [0.2, 0.25) is 0 Å². The number of nitroso groups, excluding NO2 is 1. The molecule has 13 nitrogen and oxygen atoms in total. The number of carbonyl (C=O) groups excluding carboxylic acids is 3. The van der Waals surface area contributed by atoms with Crippen LogP contribution in [0.25, 0.3) is 11.3 Å². The number of ketones is 2. The summed E-state index contributed by atoms with van der Waals surface area (Å²) < 4.78 is 0. The number of aliphatic hydroxyl groups excluding tert-OH is 3. The zero-order valence-corrected chi connectivity index (χ0v) is 27.7. The lowest BCUT2D eigenvalue weighted by Gasteiger charge is -2.69. The number of hydrogen-bond acceptors (Lipinski definition) is 13. The van der Waals surface area contributed by atoms with Crippen molar-refractivity contribution in [2.24, 2.45) is 45.4 Å². The van der Waals surface area contributed by atoms with Gasteiger partial charge in [-0.25, -0.2) is 4.98 Å². The maximum absolute atomic E-state index is 14.5. The van der Waals surface area contributed by atoms with Crippen molar-refractivity contribution in [1.82, 2.24) is 4.98 Å². The van der Waals surface area contributed by atoms with E-state index in [4.69, 9.17) is 5.73 Å². The summed E-state index contributed by atoms with van der Waals surface area (Å²) in [5, 5.41) is 67.7. The maximum Gasteiger partial charge on any atom is 0.230 e. The number of anilines is 2. The van der Waals surface area contributed by atoms with Crippen LogP contribution in [-0.2, 0) is 9.59 Å². The van der Waals surface area contributed by atoms with Crippen molar-refractivity contribution in [3.05, 3.63) is 57.8 Å². The lowest BCUT2D eigenvalue weighted by molar-refractivity contribution is -0.306. The maximum atomic E-state index is 14.5. The van der Waals surface area contributed by atoms with Crippen LogP contribution in [0.3, 0.4) is 0 Å². The third-order valence-electron chi connectivity index (χ3n) is 11.6. The van der Waals surface area contributed by atoms with E-state index in [9.17, 15) is 44.8 Å². The summed E-state index contributed by atoms with van der Waals surface area (Å²) in [7, 11) is 0. The molecule has 254 valence electrons. The van der Waals surface area contributed by atoms with Gasteiger partial charge in [-0.2, -0.15) is 0 Å². The van der Waals surface area contributed by atoms with Crippen LogP contribution in [0.15, 0.2) is 47.0 Å². The number of primary amides is 1. The Labute approximate surface area is 279 Å². The molecule has 3 aromatic rings. The molecule has 1 aromatic heterocycles. The van der Waals surface area contributed by atoms with Gasteiger partial charge in [0.15, 0.2) is 22.3 Å². The number of amides is 1. The number of nitrogens with zero attached hydrogens (tertiary/aromatic N) is 2. The van der Waals surface area contributed by atoms with Crippen molar-refractivity contribution in [3.63, 3.8) is 0 Å². The highest BCUT2D eigenvalue weighted by molar-refractivity contribution is 7.14. The van der Waals surface area contributed by atoms with Crippen LogP contribution in [-0.4, -0.2) is 71.9 Å². The molecule has 1 heterocycles. The number of aliphatic hydroxyl groups is 4. The van der Waals surface area contributed by atoms with Gasteiger partial charge in [-0.15, -0.1) is 16.2 Å². The first-order valence-corrected chi connectivity index (χ1v) is 16.5. The van der Waals surface area contributed by atoms with E-state index < -0.39 is 87.6 Å². The van der Waals surface area contributed by atoms with E-state index in [1.165, 1.54) is 18.3 Å². The Morgan fingerprint density at radius 1 is 1.12 bits per heavy atom. The van der Waals surface area contributed by atoms with Crippen LogP contribution in [0.4, 0.5) is 16.5 Å². The van der Waals surface area contributed by atoms with E-state index in [0.717, 1.165) is 0 Å². The quantitative estimate of drug-likeness (QED) is 0.113. The van der Waals surface area contributed by atoms with Gasteiger partial charge < -0.3 is 36.6 Å². The summed E-state index contributed by atoms with van der Waals surface area (Å²) in [5.41, 5.74) is 0.980. The number of nitrogens with two attached hydrogens (primary N) is 1. The fourth-order valence-corrected chi connectivity index (χ4v) is 9.89. The monoisotopic (exact) mass is 678 g/mol. The minimum absolute atomic E-state index is 0.113. The van der Waals surface area contributed by atoms with Gasteiger partial charge in [0.2, 0.25) is 5.91 Å². The van der Waals surface area contributed by atoms with E-state index >= 15 is 0 Å². The minimum Gasteiger partial charge on any atom is -0.505 e. The Morgan fingerprint density at radius 2 is 1.81 bits per heavy atom. The average molecular weight is 679 g/mol. The Balaban J connectivity index is 1.44. The summed E-state index contributed by atoms with van der Waals surface area (Å²) in [4.78, 5) is 56.4. The number of aromatic nitrogens is 1. The standard InChI is InChI=1S/C34H38N4O9S/c1-13(2)22-26(41)21(29(35)44)27(42)34(46)28(43)23-25(40)20-17(14(3)32(23,4)30(45)33(22,34)5)9-10-18(24(20)39)36-31-37-19(12-48-31)15-7-6-8-16(11-15)38-47/h6-14,21-23,26,28,30,39,41,43,45-46H,1-5H3,(H2,35,44)(H,36,37)/t14-,21-,22+,23-,26?,28?,30-,32+,33+,34+/m1/s1. The molecule has 48 heavy (non-hydrogen) atoms. The summed E-state index contributed by atoms with van der Waals surface area (Å²) in [5.74, 6) is -9.58. The van der Waals surface area contributed by atoms with Crippen LogP contribution in [0.5, 0.6) is 5.75 Å². The highest BCUT2D eigenvalue weighted by Gasteiger charge is 2.80. The van der Waals surface area contributed by atoms with Gasteiger partial charge in [0.25, 0.3) is 0 Å². The van der Waals surface area contributed by atoms with Gasteiger partial charge in [-0.05, 0) is 46.7 Å². The molecule has 3 aliphatic carbocycles. The molecule has 0 spiro atoms. The Kier molecular flexibility index (Phi) is 7.92. The van der Waals surface area contributed by atoms with Gasteiger partial charge in [0.05, 0.1) is 35.1 Å². The van der Waals surface area contributed by atoms with Gasteiger partial charge in [0, 0.05) is 21.8 Å². The van der Waals surface area contributed by atoms with E-state index in [0.29, 0.717) is 22.0 Å². The predicted octanol–water partition coefficient (Wildman–Crippen LogP) is 3.37. The second kappa shape index (κ2) is 11.2. The zero-order valence-electron chi connectivity index (χ0n) is 26.9. The number of phenols is 1. The molecule has 0 saturated heterocycles. The van der Waals surface area contributed by atoms with Crippen molar-refractivity contribution in [3.8, 4) is 17.0 Å². The molecular weight excluding hydrogens is 640 g/mol. The summed E-state index contributed by atoms with van der Waals surface area (Å²) in [6, 6.07) is 9.76. The number of fused-ring (bicyclic) bond motifs is 3. The van der Waals surface area contributed by atoms with Gasteiger partial charge in [0.1, 0.15) is 23.5 Å². The number of nitrogens with one attached hydrogen (secondary N) is 1. The van der Waals surface area contributed by atoms with E-state index in [-0.39, 0.29) is 16.9 Å². The molecule has 2 fully saturated rings. The smallest absolute Gasteiger partial charge is 0.230 e. The number of hydrogen-bond donors (Lipinski definition) is 7. The second-order valence-corrected chi connectivity index (χ2v) is 14.9. The van der Waals surface area contributed by atoms with Gasteiger partial charge in [-0.1, -0.05) is 52.8 Å². The van der Waals surface area contributed by atoms with Crippen molar-refractivity contribution in [2.75, 3.05) is 5.32 Å². The molecule has 0 bridgehead atoms. The molecule has 2 saturated carbocycles. The van der Waals surface area contributed by atoms with Crippen LogP contribution in [0, 0.1) is 39.4 Å². The molecular formula is C34H38N4O9S. The number of carbonyl (C=O) groups is 3. The number of phenolic OH excluding ortho intramolecular Hbond substituents is 1. The van der Waals surface area contributed by atoms with Crippen LogP contribution < -0.4 is 11.1 Å². The van der Waals surface area contributed by atoms with Crippen molar-refractivity contribution >= 4 is 45.3 Å². The molecule has 14 heteroatoms. The highest BCUT2D eigenvalue weighted by atomic mass is 32.1. The first kappa shape index (κ1) is 33.8. The molecule has 2 unspecified atom stereocenters. The van der Waals surface area contributed by atoms with E-state index in [1.807, 2.05) is 0 Å². The van der Waals surface area contributed by atoms with Gasteiger partial charge >= 0.3 is 0 Å². The normalized spacial score (nSPS) is 35.8. The Hall–Kier alpha value is -4.08. The third-order valence-corrected chi connectivity index (χ3v) is 12.4. The summed E-state index contributed by atoms with van der Waals surface area (Å²) in [6.45, 7) is 8.11. The number of aromatic hydroxyl groups is 1. The number of thiazole rings is 1. The molecule has 2 aromatic carbocycles.